The molecular formula is C45H41N5O7S. The molecule has 0 aliphatic carbocycles. The summed E-state index contributed by atoms with van der Waals surface area (Å²) in [6.45, 7) is 3.85. The number of aromatic amines is 1. The molecule has 1 fully saturated rings. The lowest BCUT2D eigenvalue weighted by Gasteiger charge is -2.49. The zero-order valence-electron chi connectivity index (χ0n) is 32.1. The molecule has 4 aromatic carbocycles. The highest BCUT2D eigenvalue weighted by Crippen LogP contribution is 2.42. The monoisotopic (exact) mass is 795 g/mol. The van der Waals surface area contributed by atoms with Crippen LogP contribution in [0.1, 0.15) is 46.9 Å². The minimum absolute atomic E-state index is 0.0109. The number of esters is 2. The number of hydrogen-bond donors (Lipinski definition) is 2. The van der Waals surface area contributed by atoms with Crippen molar-refractivity contribution in [1.82, 2.24) is 25.0 Å². The van der Waals surface area contributed by atoms with Crippen LogP contribution in [0.5, 0.6) is 5.75 Å². The van der Waals surface area contributed by atoms with Gasteiger partial charge in [-0.15, -0.1) is 11.8 Å². The zero-order valence-corrected chi connectivity index (χ0v) is 33.0. The molecule has 294 valence electrons. The lowest BCUT2D eigenvalue weighted by molar-refractivity contribution is -0.153. The van der Waals surface area contributed by atoms with E-state index in [2.05, 4.69) is 29.2 Å². The normalized spacial score (nSPS) is 16.2. The number of nitrogens with one attached hydrogen (secondary N) is 2. The lowest BCUT2D eigenvalue weighted by atomic mass is 9.96. The molecule has 0 bridgehead atoms. The van der Waals surface area contributed by atoms with E-state index in [1.807, 2.05) is 85.1 Å². The fourth-order valence-electron chi connectivity index (χ4n) is 7.33. The van der Waals surface area contributed by atoms with E-state index in [1.54, 1.807) is 42.3 Å². The number of para-hydroxylation sites is 1. The number of methoxy groups -OCH3 is 1. The van der Waals surface area contributed by atoms with E-state index in [0.717, 1.165) is 38.8 Å². The predicted octanol–water partition coefficient (Wildman–Crippen LogP) is 6.95. The highest BCUT2D eigenvalue weighted by Gasteiger charge is 2.54. The van der Waals surface area contributed by atoms with Crippen molar-refractivity contribution in [2.75, 3.05) is 19.5 Å². The first-order valence-electron chi connectivity index (χ1n) is 18.9. The molecule has 0 saturated carbocycles. The van der Waals surface area contributed by atoms with Gasteiger partial charge >= 0.3 is 11.9 Å². The number of β-lactam (4-membered cyclic amide) rings is 1. The Morgan fingerprint density at radius 3 is 2.34 bits per heavy atom. The molecule has 6 aromatic rings. The van der Waals surface area contributed by atoms with Crippen LogP contribution in [0, 0.1) is 0 Å². The van der Waals surface area contributed by atoms with Crippen molar-refractivity contribution < 1.29 is 33.4 Å². The molecule has 2 aliphatic rings. The summed E-state index contributed by atoms with van der Waals surface area (Å²) in [7, 11) is 1.57. The third-order valence-corrected chi connectivity index (χ3v) is 11.6. The van der Waals surface area contributed by atoms with E-state index >= 15 is 0 Å². The maximum Gasteiger partial charge on any atom is 0.355 e. The van der Waals surface area contributed by atoms with Gasteiger partial charge in [0.15, 0.2) is 0 Å². The average Bonchev–Trinajstić information content (AvgIpc) is 3.93. The summed E-state index contributed by atoms with van der Waals surface area (Å²) in [5, 5.41) is 7.51. The molecule has 8 rings (SSSR count). The van der Waals surface area contributed by atoms with E-state index in [-0.39, 0.29) is 48.6 Å². The molecule has 1 saturated heterocycles. The van der Waals surface area contributed by atoms with Crippen LogP contribution in [0.15, 0.2) is 127 Å². The fraction of sp³-hybridized carbons (Fsp3) is 0.222. The van der Waals surface area contributed by atoms with Crippen molar-refractivity contribution in [3.8, 4) is 22.6 Å². The Kier molecular flexibility index (Phi) is 10.9. The maximum absolute atomic E-state index is 14.2. The number of ether oxygens (including phenoxy) is 3. The predicted molar refractivity (Wildman–Crippen MR) is 220 cm³/mol. The summed E-state index contributed by atoms with van der Waals surface area (Å²) >= 11 is 1.38. The number of carbonyl (C=O) groups is 4. The van der Waals surface area contributed by atoms with E-state index in [0.29, 0.717) is 16.9 Å². The van der Waals surface area contributed by atoms with E-state index in [4.69, 9.17) is 14.2 Å². The van der Waals surface area contributed by atoms with Gasteiger partial charge in [-0.05, 0) is 58.5 Å². The van der Waals surface area contributed by atoms with Crippen LogP contribution >= 0.6 is 11.8 Å². The first-order valence-corrected chi connectivity index (χ1v) is 20.0. The van der Waals surface area contributed by atoms with Gasteiger partial charge in [0.2, 0.25) is 5.91 Å². The number of nitrogens with zero attached hydrogens (tertiary/aromatic N) is 3. The third-order valence-electron chi connectivity index (χ3n) is 10.3. The summed E-state index contributed by atoms with van der Waals surface area (Å²) < 4.78 is 18.8. The van der Waals surface area contributed by atoms with Crippen molar-refractivity contribution in [2.24, 2.45) is 0 Å². The van der Waals surface area contributed by atoms with Gasteiger partial charge in [0.1, 0.15) is 41.8 Å². The van der Waals surface area contributed by atoms with Crippen molar-refractivity contribution in [1.29, 1.82) is 0 Å². The van der Waals surface area contributed by atoms with Gasteiger partial charge in [-0.3, -0.25) is 14.5 Å². The Bertz CT molecular complexity index is 2510. The molecule has 12 nitrogen and oxygen atoms in total. The smallest absolute Gasteiger partial charge is 0.355 e. The Labute approximate surface area is 339 Å². The van der Waals surface area contributed by atoms with E-state index in [1.165, 1.54) is 16.7 Å². The molecule has 0 spiro atoms. The van der Waals surface area contributed by atoms with Crippen LogP contribution in [0.4, 0.5) is 0 Å². The molecule has 2 aromatic heterocycles. The Morgan fingerprint density at radius 1 is 0.879 bits per heavy atom. The van der Waals surface area contributed by atoms with Crippen LogP contribution in [0.2, 0.25) is 0 Å². The van der Waals surface area contributed by atoms with Crippen LogP contribution < -0.4 is 10.1 Å². The first kappa shape index (κ1) is 38.3. The van der Waals surface area contributed by atoms with Crippen LogP contribution in [0.3, 0.4) is 0 Å². The molecule has 4 heterocycles. The number of amides is 2. The van der Waals surface area contributed by atoms with Crippen LogP contribution in [0.25, 0.3) is 27.7 Å². The SMILES string of the molecule is COc1ccc(COC(=O)C2=C(COC(=O)c3[nH]c4c(C(C)C)cccc4c3-c3ccc(-n4cccn4)cc3)CS[C@@H]3[C@H](NC(=O)Cc4ccccc4)C(=O)N23)cc1. The molecular weight excluding hydrogens is 755 g/mol. The van der Waals surface area contributed by atoms with Gasteiger partial charge < -0.3 is 24.5 Å². The number of H-pyrrole nitrogens is 1. The largest absolute Gasteiger partial charge is 0.497 e. The summed E-state index contributed by atoms with van der Waals surface area (Å²) in [5.74, 6) is -1.02. The van der Waals surface area contributed by atoms with E-state index in [9.17, 15) is 19.2 Å². The Morgan fingerprint density at radius 2 is 1.64 bits per heavy atom. The van der Waals surface area contributed by atoms with Crippen molar-refractivity contribution in [3.63, 3.8) is 0 Å². The maximum atomic E-state index is 14.2. The number of benzene rings is 4. The van der Waals surface area contributed by atoms with Crippen LogP contribution in [-0.4, -0.2) is 74.3 Å². The minimum Gasteiger partial charge on any atom is -0.497 e. The number of thioether (sulfide) groups is 1. The second kappa shape index (κ2) is 16.5. The first-order chi connectivity index (χ1) is 28.2. The molecule has 0 unspecified atom stereocenters. The summed E-state index contributed by atoms with van der Waals surface area (Å²) in [4.78, 5) is 59.6. The average molecular weight is 796 g/mol. The zero-order chi connectivity index (χ0) is 40.3. The van der Waals surface area contributed by atoms with Crippen molar-refractivity contribution in [2.45, 2.75) is 44.2 Å². The lowest BCUT2D eigenvalue weighted by Crippen LogP contribution is -2.70. The topological polar surface area (TPSA) is 145 Å². The Balaban J connectivity index is 1.07. The number of carbonyl (C=O) groups excluding carboxylic acids is 4. The molecule has 2 amide bonds. The number of aromatic nitrogens is 3. The van der Waals surface area contributed by atoms with E-state index < -0.39 is 29.3 Å². The minimum atomic E-state index is -0.835. The molecule has 13 heteroatoms. The quantitative estimate of drug-likeness (QED) is 0.0938. The molecule has 2 atom stereocenters. The molecule has 58 heavy (non-hydrogen) atoms. The van der Waals surface area contributed by atoms with Gasteiger partial charge in [0, 0.05) is 34.7 Å². The van der Waals surface area contributed by atoms with Gasteiger partial charge in [-0.1, -0.05) is 86.6 Å². The van der Waals surface area contributed by atoms with Gasteiger partial charge in [-0.25, -0.2) is 14.3 Å². The van der Waals surface area contributed by atoms with Gasteiger partial charge in [0.05, 0.1) is 24.7 Å². The summed E-state index contributed by atoms with van der Waals surface area (Å²) in [6, 6.07) is 31.1. The fourth-order valence-corrected chi connectivity index (χ4v) is 8.66. The molecule has 0 radical (unpaired) electrons. The second-order valence-corrected chi connectivity index (χ2v) is 15.5. The Hall–Kier alpha value is -6.60. The molecule has 2 aliphatic heterocycles. The standard InChI is InChI=1S/C45H41N5O7S/c1-27(2)34-11-7-12-35-37(30-15-17-32(18-16-30)49-22-8-21-46-49)39(48-38(34)35)44(53)57-25-31-26-58-43-40(47-36(51)23-28-9-5-4-6-10-28)42(52)50(43)41(31)45(54)56-24-29-13-19-33(55-3)20-14-29/h4-22,27,40,43,48H,23-26H2,1-3H3,(H,47,51)/t40-,43-/m1/s1. The number of rotatable bonds is 13. The summed E-state index contributed by atoms with van der Waals surface area (Å²) in [5.41, 5.74) is 6.47. The highest BCUT2D eigenvalue weighted by molar-refractivity contribution is 8.00. The number of hydrogen-bond acceptors (Lipinski definition) is 9. The molecule has 2 N–H and O–H groups in total. The van der Waals surface area contributed by atoms with Crippen molar-refractivity contribution >= 4 is 46.4 Å². The summed E-state index contributed by atoms with van der Waals surface area (Å²) in [6.07, 6.45) is 3.68. The van der Waals surface area contributed by atoms with Gasteiger partial charge in [0.25, 0.3) is 5.91 Å². The van der Waals surface area contributed by atoms with Crippen LogP contribution in [-0.2, 0) is 36.9 Å². The number of fused-ring (bicyclic) bond motifs is 2. The highest BCUT2D eigenvalue weighted by atomic mass is 32.2. The second-order valence-electron chi connectivity index (χ2n) is 14.4. The van der Waals surface area contributed by atoms with Gasteiger partial charge in [-0.2, -0.15) is 5.10 Å². The third kappa shape index (κ3) is 7.60. The van der Waals surface area contributed by atoms with Crippen molar-refractivity contribution in [3.05, 3.63) is 149 Å².